The Hall–Kier alpha value is -1.17. The van der Waals surface area contributed by atoms with Crippen LogP contribution in [0.15, 0.2) is 24.3 Å². The lowest BCUT2D eigenvalue weighted by atomic mass is 10.0. The minimum atomic E-state index is -0.216. The Balaban J connectivity index is 0.00000208. The van der Waals surface area contributed by atoms with Crippen LogP contribution >= 0.6 is 12.4 Å². The van der Waals surface area contributed by atoms with E-state index in [1.54, 1.807) is 12.1 Å². The lowest BCUT2D eigenvalue weighted by Gasteiger charge is -2.37. The number of nitrogens with one attached hydrogen (secondary N) is 1. The predicted molar refractivity (Wildman–Crippen MR) is 95.9 cm³/mol. The Morgan fingerprint density at radius 2 is 1.92 bits per heavy atom. The van der Waals surface area contributed by atoms with E-state index in [2.05, 4.69) is 10.2 Å². The molecular weight excluding hydrogens is 329 g/mol. The van der Waals surface area contributed by atoms with Gasteiger partial charge in [-0.2, -0.15) is 0 Å². The molecule has 2 saturated heterocycles. The normalized spacial score (nSPS) is 22.5. The van der Waals surface area contributed by atoms with Crippen LogP contribution in [0, 0.1) is 5.82 Å². The number of amides is 1. The van der Waals surface area contributed by atoms with Crippen LogP contribution in [0.4, 0.5) is 4.39 Å². The van der Waals surface area contributed by atoms with Crippen LogP contribution in [-0.4, -0.2) is 55.0 Å². The lowest BCUT2D eigenvalue weighted by Crippen LogP contribution is -2.50. The number of benzene rings is 1. The molecule has 6 heteroatoms. The molecule has 2 fully saturated rings. The molecule has 0 spiro atoms. The van der Waals surface area contributed by atoms with Crippen LogP contribution in [0.3, 0.4) is 0 Å². The second-order valence-electron chi connectivity index (χ2n) is 6.54. The Morgan fingerprint density at radius 3 is 2.62 bits per heavy atom. The van der Waals surface area contributed by atoms with E-state index in [-0.39, 0.29) is 30.2 Å². The SMILES string of the molecule is Cl.O=C(CN1CCNCC1c1cccc(F)c1)N1CCCCCC1. The van der Waals surface area contributed by atoms with Crippen molar-refractivity contribution in [2.75, 3.05) is 39.3 Å². The van der Waals surface area contributed by atoms with Gasteiger partial charge in [-0.25, -0.2) is 4.39 Å². The molecule has 0 aromatic heterocycles. The second kappa shape index (κ2) is 9.35. The van der Waals surface area contributed by atoms with Gasteiger partial charge in [0.05, 0.1) is 6.54 Å². The van der Waals surface area contributed by atoms with E-state index in [9.17, 15) is 9.18 Å². The maximum Gasteiger partial charge on any atom is 0.236 e. The summed E-state index contributed by atoms with van der Waals surface area (Å²) in [4.78, 5) is 16.9. The van der Waals surface area contributed by atoms with E-state index in [0.29, 0.717) is 6.54 Å². The van der Waals surface area contributed by atoms with Crippen LogP contribution in [0.25, 0.3) is 0 Å². The molecule has 1 N–H and O–H groups in total. The minimum Gasteiger partial charge on any atom is -0.342 e. The first-order valence-electron chi connectivity index (χ1n) is 8.72. The highest BCUT2D eigenvalue weighted by atomic mass is 35.5. The van der Waals surface area contributed by atoms with Crippen LogP contribution < -0.4 is 5.32 Å². The summed E-state index contributed by atoms with van der Waals surface area (Å²) in [6, 6.07) is 6.81. The summed E-state index contributed by atoms with van der Waals surface area (Å²) in [5, 5.41) is 3.36. The first kappa shape index (κ1) is 19.2. The molecule has 0 aliphatic carbocycles. The zero-order valence-electron chi connectivity index (χ0n) is 14.0. The summed E-state index contributed by atoms with van der Waals surface area (Å²) in [7, 11) is 0. The zero-order chi connectivity index (χ0) is 16.1. The molecule has 1 amide bonds. The van der Waals surface area contributed by atoms with Crippen LogP contribution in [-0.2, 0) is 4.79 Å². The van der Waals surface area contributed by atoms with Crippen molar-refractivity contribution in [2.45, 2.75) is 31.7 Å². The van der Waals surface area contributed by atoms with Gasteiger partial charge in [0, 0.05) is 38.8 Å². The summed E-state index contributed by atoms with van der Waals surface area (Å²) < 4.78 is 13.5. The number of piperazine rings is 1. The van der Waals surface area contributed by atoms with Gasteiger partial charge >= 0.3 is 0 Å². The molecule has 1 atom stereocenters. The summed E-state index contributed by atoms with van der Waals surface area (Å²) >= 11 is 0. The van der Waals surface area contributed by atoms with Crippen molar-refractivity contribution in [1.82, 2.24) is 15.1 Å². The number of halogens is 2. The van der Waals surface area contributed by atoms with Crippen molar-refractivity contribution in [3.8, 4) is 0 Å². The molecule has 1 aromatic carbocycles. The number of likely N-dealkylation sites (tertiary alicyclic amines) is 1. The highest BCUT2D eigenvalue weighted by molar-refractivity contribution is 5.85. The van der Waals surface area contributed by atoms with E-state index in [1.165, 1.54) is 18.9 Å². The van der Waals surface area contributed by atoms with Gasteiger partial charge in [0.15, 0.2) is 0 Å². The molecule has 2 heterocycles. The Labute approximate surface area is 149 Å². The van der Waals surface area contributed by atoms with E-state index >= 15 is 0 Å². The molecule has 0 radical (unpaired) electrons. The van der Waals surface area contributed by atoms with E-state index in [4.69, 9.17) is 0 Å². The third-order valence-corrected chi connectivity index (χ3v) is 4.88. The monoisotopic (exact) mass is 355 g/mol. The largest absolute Gasteiger partial charge is 0.342 e. The van der Waals surface area contributed by atoms with Crippen molar-refractivity contribution >= 4 is 18.3 Å². The van der Waals surface area contributed by atoms with Crippen molar-refractivity contribution in [1.29, 1.82) is 0 Å². The molecule has 2 aliphatic heterocycles. The van der Waals surface area contributed by atoms with Crippen molar-refractivity contribution in [2.24, 2.45) is 0 Å². The summed E-state index contributed by atoms with van der Waals surface area (Å²) in [5.41, 5.74) is 0.945. The Morgan fingerprint density at radius 1 is 1.17 bits per heavy atom. The molecule has 0 saturated carbocycles. The van der Waals surface area contributed by atoms with Gasteiger partial charge in [-0.15, -0.1) is 12.4 Å². The van der Waals surface area contributed by atoms with Gasteiger partial charge < -0.3 is 10.2 Å². The molecule has 3 rings (SSSR count). The standard InChI is InChI=1S/C18H26FN3O.ClH/c19-16-7-5-6-15(12-16)17-13-20-8-11-22(17)14-18(23)21-9-3-1-2-4-10-21;/h5-7,12,17,20H,1-4,8-11,13-14H2;1H. The highest BCUT2D eigenvalue weighted by Gasteiger charge is 2.27. The van der Waals surface area contributed by atoms with Gasteiger partial charge in [-0.05, 0) is 30.5 Å². The smallest absolute Gasteiger partial charge is 0.236 e. The quantitative estimate of drug-likeness (QED) is 0.905. The molecule has 1 aromatic rings. The van der Waals surface area contributed by atoms with Crippen LogP contribution in [0.1, 0.15) is 37.3 Å². The maximum atomic E-state index is 13.5. The second-order valence-corrected chi connectivity index (χ2v) is 6.54. The van der Waals surface area contributed by atoms with E-state index in [0.717, 1.165) is 51.1 Å². The van der Waals surface area contributed by atoms with E-state index in [1.807, 2.05) is 11.0 Å². The van der Waals surface area contributed by atoms with Gasteiger partial charge in [0.1, 0.15) is 5.82 Å². The van der Waals surface area contributed by atoms with Gasteiger partial charge in [-0.3, -0.25) is 9.69 Å². The summed E-state index contributed by atoms with van der Waals surface area (Å²) in [6.45, 7) is 4.66. The third-order valence-electron chi connectivity index (χ3n) is 4.88. The minimum absolute atomic E-state index is 0. The predicted octanol–water partition coefficient (Wildman–Crippen LogP) is 2.60. The third kappa shape index (κ3) is 4.91. The Bertz CT molecular complexity index is 535. The molecule has 0 bridgehead atoms. The first-order valence-corrected chi connectivity index (χ1v) is 8.72. The van der Waals surface area contributed by atoms with Crippen molar-refractivity contribution < 1.29 is 9.18 Å². The number of nitrogens with zero attached hydrogens (tertiary/aromatic N) is 2. The first-order chi connectivity index (χ1) is 11.2. The summed E-state index contributed by atoms with van der Waals surface area (Å²) in [5.74, 6) is 0.00192. The van der Waals surface area contributed by atoms with Gasteiger partial charge in [-0.1, -0.05) is 25.0 Å². The average molecular weight is 356 g/mol. The number of carbonyl (C=O) groups excluding carboxylic acids is 1. The molecular formula is C18H27ClFN3O. The lowest BCUT2D eigenvalue weighted by molar-refractivity contribution is -0.133. The fourth-order valence-electron chi connectivity index (χ4n) is 3.57. The summed E-state index contributed by atoms with van der Waals surface area (Å²) in [6.07, 6.45) is 4.67. The fourth-order valence-corrected chi connectivity index (χ4v) is 3.57. The molecule has 134 valence electrons. The molecule has 24 heavy (non-hydrogen) atoms. The molecule has 1 unspecified atom stereocenters. The molecule has 4 nitrogen and oxygen atoms in total. The van der Waals surface area contributed by atoms with Crippen LogP contribution in [0.5, 0.6) is 0 Å². The topological polar surface area (TPSA) is 35.6 Å². The van der Waals surface area contributed by atoms with Crippen molar-refractivity contribution in [3.63, 3.8) is 0 Å². The van der Waals surface area contributed by atoms with E-state index < -0.39 is 0 Å². The molecule has 2 aliphatic rings. The van der Waals surface area contributed by atoms with Crippen molar-refractivity contribution in [3.05, 3.63) is 35.6 Å². The highest BCUT2D eigenvalue weighted by Crippen LogP contribution is 2.23. The zero-order valence-corrected chi connectivity index (χ0v) is 14.9. The number of carbonyl (C=O) groups is 1. The van der Waals surface area contributed by atoms with Gasteiger partial charge in [0.25, 0.3) is 0 Å². The Kier molecular flexibility index (Phi) is 7.46. The number of hydrogen-bond donors (Lipinski definition) is 1. The van der Waals surface area contributed by atoms with Gasteiger partial charge in [0.2, 0.25) is 5.91 Å². The van der Waals surface area contributed by atoms with Crippen LogP contribution in [0.2, 0.25) is 0 Å². The fraction of sp³-hybridized carbons (Fsp3) is 0.611. The average Bonchev–Trinajstić information content (AvgIpc) is 2.85. The maximum absolute atomic E-state index is 13.5. The number of hydrogen-bond acceptors (Lipinski definition) is 3. The number of rotatable bonds is 3.